The third-order valence-electron chi connectivity index (χ3n) is 3.24. The van der Waals surface area contributed by atoms with Gasteiger partial charge in [0.2, 0.25) is 11.8 Å². The molecule has 1 aliphatic heterocycles. The summed E-state index contributed by atoms with van der Waals surface area (Å²) in [5.41, 5.74) is 1.08. The Hall–Kier alpha value is -1.95. The van der Waals surface area contributed by atoms with Gasteiger partial charge in [0.25, 0.3) is 0 Å². The van der Waals surface area contributed by atoms with Gasteiger partial charge in [0.05, 0.1) is 13.1 Å². The monoisotopic (exact) mass is 293 g/mol. The van der Waals surface area contributed by atoms with Crippen LogP contribution in [0.1, 0.15) is 19.4 Å². The van der Waals surface area contributed by atoms with Gasteiger partial charge in [-0.05, 0) is 24.6 Å². The molecule has 1 aromatic carbocycles. The van der Waals surface area contributed by atoms with Crippen molar-refractivity contribution in [3.63, 3.8) is 0 Å². The number of nitrogens with zero attached hydrogens (tertiary/aromatic N) is 1. The zero-order valence-electron chi connectivity index (χ0n) is 12.3. The third-order valence-corrected chi connectivity index (χ3v) is 3.24. The summed E-state index contributed by atoms with van der Waals surface area (Å²) in [6.07, 6.45) is 0. The molecule has 114 valence electrons. The molecule has 0 radical (unpaired) electrons. The Kier molecular flexibility index (Phi) is 4.90. The van der Waals surface area contributed by atoms with Crippen molar-refractivity contribution in [1.82, 2.24) is 10.6 Å². The average molecular weight is 293 g/mol. The molecule has 0 atom stereocenters. The smallest absolute Gasteiger partial charge is 0.246 e. The standard InChI is InChI=1S/C15H20FN3O2/c1-10(2)6-17-7-11-12(16)4-3-5-13(11)19-8-14(20)18-15(21)9-19/h3-5,10,17H,6-9H2,1-2H3,(H,18,20,21). The predicted molar refractivity (Wildman–Crippen MR) is 78.3 cm³/mol. The lowest BCUT2D eigenvalue weighted by Crippen LogP contribution is -2.51. The predicted octanol–water partition coefficient (Wildman–Crippen LogP) is 1.03. The molecule has 0 unspecified atom stereocenters. The minimum absolute atomic E-state index is 0.0619. The van der Waals surface area contributed by atoms with E-state index >= 15 is 0 Å². The van der Waals surface area contributed by atoms with Crippen molar-refractivity contribution in [2.75, 3.05) is 24.5 Å². The van der Waals surface area contributed by atoms with Crippen LogP contribution < -0.4 is 15.5 Å². The Morgan fingerprint density at radius 3 is 2.57 bits per heavy atom. The first-order chi connectivity index (χ1) is 9.97. The van der Waals surface area contributed by atoms with E-state index in [1.54, 1.807) is 17.0 Å². The molecule has 1 aromatic rings. The molecule has 0 spiro atoms. The highest BCUT2D eigenvalue weighted by atomic mass is 19.1. The third kappa shape index (κ3) is 4.01. The molecule has 1 aliphatic rings. The number of imide groups is 1. The summed E-state index contributed by atoms with van der Waals surface area (Å²) in [6.45, 7) is 5.41. The van der Waals surface area contributed by atoms with Crippen LogP contribution in [0.5, 0.6) is 0 Å². The summed E-state index contributed by atoms with van der Waals surface area (Å²) < 4.78 is 14.1. The van der Waals surface area contributed by atoms with Gasteiger partial charge < -0.3 is 10.2 Å². The van der Waals surface area contributed by atoms with E-state index in [0.29, 0.717) is 23.7 Å². The van der Waals surface area contributed by atoms with Gasteiger partial charge in [-0.2, -0.15) is 0 Å². The maximum Gasteiger partial charge on any atom is 0.246 e. The maximum atomic E-state index is 14.1. The fraction of sp³-hybridized carbons (Fsp3) is 0.467. The number of nitrogens with one attached hydrogen (secondary N) is 2. The van der Waals surface area contributed by atoms with Gasteiger partial charge in [-0.3, -0.25) is 14.9 Å². The maximum absolute atomic E-state index is 14.1. The second kappa shape index (κ2) is 6.67. The van der Waals surface area contributed by atoms with Crippen molar-refractivity contribution in [3.05, 3.63) is 29.6 Å². The summed E-state index contributed by atoms with van der Waals surface area (Å²) in [6, 6.07) is 4.72. The SMILES string of the molecule is CC(C)CNCc1c(F)cccc1N1CC(=O)NC(=O)C1. The summed E-state index contributed by atoms with van der Waals surface area (Å²) in [5.74, 6) is -0.599. The fourth-order valence-electron chi connectivity index (χ4n) is 2.31. The molecule has 0 aromatic heterocycles. The molecule has 2 amide bonds. The van der Waals surface area contributed by atoms with Crippen LogP contribution in [0.25, 0.3) is 0 Å². The first kappa shape index (κ1) is 15.4. The van der Waals surface area contributed by atoms with Gasteiger partial charge in [-0.1, -0.05) is 19.9 Å². The van der Waals surface area contributed by atoms with Gasteiger partial charge in [-0.15, -0.1) is 0 Å². The van der Waals surface area contributed by atoms with E-state index in [4.69, 9.17) is 0 Å². The Bertz CT molecular complexity index is 530. The second-order valence-corrected chi connectivity index (χ2v) is 5.59. The van der Waals surface area contributed by atoms with Gasteiger partial charge >= 0.3 is 0 Å². The average Bonchev–Trinajstić information content (AvgIpc) is 2.39. The van der Waals surface area contributed by atoms with Crippen LogP contribution in [0.2, 0.25) is 0 Å². The zero-order valence-corrected chi connectivity index (χ0v) is 12.3. The molecule has 0 saturated carbocycles. The largest absolute Gasteiger partial charge is 0.353 e. The number of hydrogen-bond donors (Lipinski definition) is 2. The Morgan fingerprint density at radius 1 is 1.29 bits per heavy atom. The van der Waals surface area contributed by atoms with Crippen LogP contribution >= 0.6 is 0 Å². The van der Waals surface area contributed by atoms with E-state index in [0.717, 1.165) is 6.54 Å². The molecule has 2 rings (SSSR count). The van der Waals surface area contributed by atoms with Crippen molar-refractivity contribution < 1.29 is 14.0 Å². The summed E-state index contributed by atoms with van der Waals surface area (Å²) in [7, 11) is 0. The fourth-order valence-corrected chi connectivity index (χ4v) is 2.31. The first-order valence-electron chi connectivity index (χ1n) is 7.03. The van der Waals surface area contributed by atoms with Crippen LogP contribution in [-0.4, -0.2) is 31.4 Å². The highest BCUT2D eigenvalue weighted by Crippen LogP contribution is 2.24. The topological polar surface area (TPSA) is 61.4 Å². The van der Waals surface area contributed by atoms with E-state index in [1.165, 1.54) is 6.07 Å². The van der Waals surface area contributed by atoms with Crippen LogP contribution in [0.3, 0.4) is 0 Å². The summed E-state index contributed by atoms with van der Waals surface area (Å²) in [4.78, 5) is 24.6. The molecule has 21 heavy (non-hydrogen) atoms. The quantitative estimate of drug-likeness (QED) is 0.796. The zero-order chi connectivity index (χ0) is 15.4. The molecular weight excluding hydrogens is 273 g/mol. The lowest BCUT2D eigenvalue weighted by atomic mass is 10.1. The Labute approximate surface area is 123 Å². The van der Waals surface area contributed by atoms with Gasteiger partial charge in [0.15, 0.2) is 0 Å². The molecule has 1 fully saturated rings. The second-order valence-electron chi connectivity index (χ2n) is 5.59. The molecular formula is C15H20FN3O2. The number of halogens is 1. The van der Waals surface area contributed by atoms with E-state index in [1.807, 2.05) is 0 Å². The van der Waals surface area contributed by atoms with E-state index in [9.17, 15) is 14.0 Å². The minimum atomic E-state index is -0.364. The van der Waals surface area contributed by atoms with Gasteiger partial charge in [0.1, 0.15) is 5.82 Å². The molecule has 0 bridgehead atoms. The van der Waals surface area contributed by atoms with E-state index in [2.05, 4.69) is 24.5 Å². The Balaban J connectivity index is 2.20. The first-order valence-corrected chi connectivity index (χ1v) is 7.03. The van der Waals surface area contributed by atoms with Crippen LogP contribution in [0, 0.1) is 11.7 Å². The number of benzene rings is 1. The van der Waals surface area contributed by atoms with Crippen LogP contribution in [0.4, 0.5) is 10.1 Å². The number of amides is 2. The van der Waals surface area contributed by atoms with Crippen molar-refractivity contribution >= 4 is 17.5 Å². The lowest BCUT2D eigenvalue weighted by Gasteiger charge is -2.29. The summed E-state index contributed by atoms with van der Waals surface area (Å²) in [5, 5.41) is 5.43. The highest BCUT2D eigenvalue weighted by Gasteiger charge is 2.25. The number of rotatable bonds is 5. The molecule has 6 heteroatoms. The molecule has 0 aliphatic carbocycles. The molecule has 5 nitrogen and oxygen atoms in total. The molecule has 1 heterocycles. The van der Waals surface area contributed by atoms with Crippen LogP contribution in [-0.2, 0) is 16.1 Å². The van der Waals surface area contributed by atoms with Crippen molar-refractivity contribution in [1.29, 1.82) is 0 Å². The number of carbonyl (C=O) groups excluding carboxylic acids is 2. The van der Waals surface area contributed by atoms with Crippen molar-refractivity contribution in [2.45, 2.75) is 20.4 Å². The summed E-state index contributed by atoms with van der Waals surface area (Å²) >= 11 is 0. The highest BCUT2D eigenvalue weighted by molar-refractivity contribution is 6.02. The lowest BCUT2D eigenvalue weighted by molar-refractivity contribution is -0.130. The number of carbonyl (C=O) groups is 2. The number of hydrogen-bond acceptors (Lipinski definition) is 4. The molecule has 2 N–H and O–H groups in total. The Morgan fingerprint density at radius 2 is 1.95 bits per heavy atom. The number of piperazine rings is 1. The normalized spacial score (nSPS) is 15.5. The van der Waals surface area contributed by atoms with Crippen molar-refractivity contribution in [3.8, 4) is 0 Å². The van der Waals surface area contributed by atoms with Gasteiger partial charge in [-0.25, -0.2) is 4.39 Å². The number of anilines is 1. The van der Waals surface area contributed by atoms with Crippen molar-refractivity contribution in [2.24, 2.45) is 5.92 Å². The van der Waals surface area contributed by atoms with E-state index in [-0.39, 0.29) is 30.7 Å². The van der Waals surface area contributed by atoms with Gasteiger partial charge in [0, 0.05) is 17.8 Å². The van der Waals surface area contributed by atoms with Crippen LogP contribution in [0.15, 0.2) is 18.2 Å². The van der Waals surface area contributed by atoms with E-state index < -0.39 is 0 Å². The minimum Gasteiger partial charge on any atom is -0.353 e. The molecule has 1 saturated heterocycles.